The molecule has 1 aromatic carbocycles. The number of hydrogen-bond acceptors (Lipinski definition) is 4. The van der Waals surface area contributed by atoms with Crippen molar-refractivity contribution in [2.24, 2.45) is 4.99 Å². The first-order valence-electron chi connectivity index (χ1n) is 8.67. The van der Waals surface area contributed by atoms with E-state index in [1.165, 1.54) is 15.4 Å². The highest BCUT2D eigenvalue weighted by Gasteiger charge is 2.07. The van der Waals surface area contributed by atoms with E-state index in [0.29, 0.717) is 6.61 Å². The Labute approximate surface area is 154 Å². The molecule has 0 aliphatic heterocycles. The molecule has 6 heteroatoms. The molecule has 0 bridgehead atoms. The second-order valence-electron chi connectivity index (χ2n) is 5.88. The zero-order valence-corrected chi connectivity index (χ0v) is 16.4. The predicted octanol–water partition coefficient (Wildman–Crippen LogP) is 3.14. The van der Waals surface area contributed by atoms with Gasteiger partial charge in [0.25, 0.3) is 0 Å². The van der Waals surface area contributed by atoms with Gasteiger partial charge in [-0.2, -0.15) is 0 Å². The van der Waals surface area contributed by atoms with Crippen LogP contribution in [0.4, 0.5) is 0 Å². The third kappa shape index (κ3) is 6.38. The lowest BCUT2D eigenvalue weighted by Gasteiger charge is -2.22. The number of nitrogens with one attached hydrogen (secondary N) is 1. The van der Waals surface area contributed by atoms with E-state index in [-0.39, 0.29) is 0 Å². The normalized spacial score (nSPS) is 11.4. The van der Waals surface area contributed by atoms with Crippen molar-refractivity contribution in [2.75, 3.05) is 33.8 Å². The number of guanidine groups is 1. The van der Waals surface area contributed by atoms with Crippen molar-refractivity contribution in [1.82, 2.24) is 15.2 Å². The molecule has 136 valence electrons. The molecular formula is C19H28N4OS. The fourth-order valence-corrected chi connectivity index (χ4v) is 3.20. The van der Waals surface area contributed by atoms with Crippen molar-refractivity contribution >= 4 is 17.3 Å². The van der Waals surface area contributed by atoms with Crippen molar-refractivity contribution in [3.63, 3.8) is 0 Å². The summed E-state index contributed by atoms with van der Waals surface area (Å²) in [5.74, 6) is 1.78. The topological polar surface area (TPSA) is 49.8 Å². The van der Waals surface area contributed by atoms with E-state index in [0.717, 1.165) is 37.6 Å². The minimum absolute atomic E-state index is 0.618. The second kappa shape index (κ2) is 10.0. The molecule has 0 aliphatic rings. The van der Waals surface area contributed by atoms with E-state index >= 15 is 0 Å². The Bertz CT molecular complexity index is 666. The molecule has 2 aromatic rings. The number of aliphatic imine (C=N–C) groups is 1. The Morgan fingerprint density at radius 1 is 1.32 bits per heavy atom. The number of rotatable bonds is 8. The molecule has 0 saturated heterocycles. The summed E-state index contributed by atoms with van der Waals surface area (Å²) in [6.45, 7) is 6.44. The van der Waals surface area contributed by atoms with Crippen molar-refractivity contribution in [1.29, 1.82) is 0 Å². The monoisotopic (exact) mass is 360 g/mol. The molecule has 1 heterocycles. The molecule has 5 nitrogen and oxygen atoms in total. The standard InChI is InChI=1S/C19H28N4OS/c1-5-17-14-22-18(25-17)10-11-21-19(20-3)23(4)12-13-24-16-8-6-15(2)7-9-16/h6-9,14H,5,10-13H2,1-4H3,(H,20,21). The van der Waals surface area contributed by atoms with Crippen LogP contribution in [0, 0.1) is 6.92 Å². The summed E-state index contributed by atoms with van der Waals surface area (Å²) in [7, 11) is 3.82. The first-order valence-corrected chi connectivity index (χ1v) is 9.49. The van der Waals surface area contributed by atoms with Gasteiger partial charge in [0.05, 0.1) is 11.6 Å². The number of aryl methyl sites for hydroxylation is 2. The van der Waals surface area contributed by atoms with Gasteiger partial charge >= 0.3 is 0 Å². The lowest BCUT2D eigenvalue weighted by molar-refractivity contribution is 0.281. The fourth-order valence-electron chi connectivity index (χ4n) is 2.33. The summed E-state index contributed by atoms with van der Waals surface area (Å²) in [5.41, 5.74) is 1.24. The van der Waals surface area contributed by atoms with Gasteiger partial charge < -0.3 is 15.0 Å². The molecule has 1 N–H and O–H groups in total. The largest absolute Gasteiger partial charge is 0.492 e. The Hall–Kier alpha value is -2.08. The Morgan fingerprint density at radius 2 is 2.08 bits per heavy atom. The van der Waals surface area contributed by atoms with E-state index in [9.17, 15) is 0 Å². The molecule has 0 unspecified atom stereocenters. The van der Waals surface area contributed by atoms with Gasteiger partial charge in [0.1, 0.15) is 12.4 Å². The number of hydrogen-bond donors (Lipinski definition) is 1. The first-order chi connectivity index (χ1) is 12.1. The van der Waals surface area contributed by atoms with Crippen LogP contribution in [0.25, 0.3) is 0 Å². The number of likely N-dealkylation sites (N-methyl/N-ethyl adjacent to an activating group) is 1. The van der Waals surface area contributed by atoms with E-state index < -0.39 is 0 Å². The molecule has 2 rings (SSSR count). The molecular weight excluding hydrogens is 332 g/mol. The maximum atomic E-state index is 5.78. The van der Waals surface area contributed by atoms with E-state index in [2.05, 4.69) is 46.2 Å². The molecule has 0 saturated carbocycles. The number of ether oxygens (including phenoxy) is 1. The minimum atomic E-state index is 0.618. The molecule has 25 heavy (non-hydrogen) atoms. The first kappa shape index (κ1) is 19.2. The van der Waals surface area contributed by atoms with Gasteiger partial charge in [-0.25, -0.2) is 4.98 Å². The molecule has 0 atom stereocenters. The fraction of sp³-hybridized carbons (Fsp3) is 0.474. The highest BCUT2D eigenvalue weighted by Crippen LogP contribution is 2.13. The molecule has 1 aromatic heterocycles. The van der Waals surface area contributed by atoms with Crippen molar-refractivity contribution in [3.8, 4) is 5.75 Å². The maximum Gasteiger partial charge on any atom is 0.193 e. The van der Waals surface area contributed by atoms with Crippen molar-refractivity contribution in [2.45, 2.75) is 26.7 Å². The van der Waals surface area contributed by atoms with Crippen molar-refractivity contribution < 1.29 is 4.74 Å². The zero-order valence-electron chi connectivity index (χ0n) is 15.6. The maximum absolute atomic E-state index is 5.78. The summed E-state index contributed by atoms with van der Waals surface area (Å²) in [4.78, 5) is 12.2. The zero-order chi connectivity index (χ0) is 18.1. The van der Waals surface area contributed by atoms with E-state index in [1.807, 2.05) is 25.4 Å². The van der Waals surface area contributed by atoms with Gasteiger partial charge in [-0.1, -0.05) is 24.6 Å². The molecule has 0 spiro atoms. The third-order valence-electron chi connectivity index (χ3n) is 3.86. The average Bonchev–Trinajstić information content (AvgIpc) is 3.08. The van der Waals surface area contributed by atoms with Gasteiger partial charge in [0.15, 0.2) is 5.96 Å². The summed E-state index contributed by atoms with van der Waals surface area (Å²) in [5, 5.41) is 4.56. The molecule has 0 aliphatic carbocycles. The van der Waals surface area contributed by atoms with Crippen LogP contribution in [0.2, 0.25) is 0 Å². The van der Waals surface area contributed by atoms with Crippen LogP contribution in [0.5, 0.6) is 5.75 Å². The van der Waals surface area contributed by atoms with Gasteiger partial charge in [0, 0.05) is 38.1 Å². The quantitative estimate of drug-likeness (QED) is 0.580. The Kier molecular flexibility index (Phi) is 7.73. The van der Waals surface area contributed by atoms with Crippen LogP contribution in [0.3, 0.4) is 0 Å². The minimum Gasteiger partial charge on any atom is -0.492 e. The highest BCUT2D eigenvalue weighted by atomic mass is 32.1. The van der Waals surface area contributed by atoms with Crippen LogP contribution in [0.15, 0.2) is 35.5 Å². The van der Waals surface area contributed by atoms with Gasteiger partial charge in [-0.3, -0.25) is 4.99 Å². The van der Waals surface area contributed by atoms with Crippen LogP contribution in [-0.4, -0.2) is 49.6 Å². The van der Waals surface area contributed by atoms with Gasteiger partial charge in [-0.05, 0) is 25.5 Å². The van der Waals surface area contributed by atoms with Crippen LogP contribution in [-0.2, 0) is 12.8 Å². The SMILES string of the molecule is CCc1cnc(CCNC(=NC)N(C)CCOc2ccc(C)cc2)s1. The summed E-state index contributed by atoms with van der Waals surface area (Å²) >= 11 is 1.79. The molecule has 0 radical (unpaired) electrons. The third-order valence-corrected chi connectivity index (χ3v) is 5.06. The lowest BCUT2D eigenvalue weighted by atomic mass is 10.2. The second-order valence-corrected chi connectivity index (χ2v) is 7.08. The van der Waals surface area contributed by atoms with Crippen LogP contribution >= 0.6 is 11.3 Å². The van der Waals surface area contributed by atoms with Gasteiger partial charge in [-0.15, -0.1) is 11.3 Å². The number of aromatic nitrogens is 1. The highest BCUT2D eigenvalue weighted by molar-refractivity contribution is 7.11. The summed E-state index contributed by atoms with van der Waals surface area (Å²) < 4.78 is 5.78. The van der Waals surface area contributed by atoms with Crippen LogP contribution in [0.1, 0.15) is 22.4 Å². The van der Waals surface area contributed by atoms with E-state index in [4.69, 9.17) is 4.74 Å². The van der Waals surface area contributed by atoms with Gasteiger partial charge in [0.2, 0.25) is 0 Å². The molecule has 0 fully saturated rings. The van der Waals surface area contributed by atoms with E-state index in [1.54, 1.807) is 18.4 Å². The number of thiazole rings is 1. The average molecular weight is 361 g/mol. The number of nitrogens with zero attached hydrogens (tertiary/aromatic N) is 3. The smallest absolute Gasteiger partial charge is 0.193 e. The number of benzene rings is 1. The van der Waals surface area contributed by atoms with Crippen LogP contribution < -0.4 is 10.1 Å². The molecule has 0 amide bonds. The Balaban J connectivity index is 1.70. The van der Waals surface area contributed by atoms with Crippen molar-refractivity contribution in [3.05, 3.63) is 45.9 Å². The lowest BCUT2D eigenvalue weighted by Crippen LogP contribution is -2.41. The predicted molar refractivity (Wildman–Crippen MR) is 106 cm³/mol. The summed E-state index contributed by atoms with van der Waals surface area (Å²) in [6, 6.07) is 8.12. The summed E-state index contributed by atoms with van der Waals surface area (Å²) in [6.07, 6.45) is 3.94. The Morgan fingerprint density at radius 3 is 2.72 bits per heavy atom.